The smallest absolute Gasteiger partial charge is 0.324 e. The molecule has 0 radical (unpaired) electrons. The molecular weight excluding hydrogens is 336 g/mol. The quantitative estimate of drug-likeness (QED) is 0.831. The molecule has 7 nitrogen and oxygen atoms in total. The first-order valence-corrected chi connectivity index (χ1v) is 8.04. The lowest BCUT2D eigenvalue weighted by atomic mass is 9.97. The molecule has 2 heterocycles. The minimum Gasteiger partial charge on any atom is -0.492 e. The van der Waals surface area contributed by atoms with E-state index in [0.717, 1.165) is 10.5 Å². The van der Waals surface area contributed by atoms with E-state index < -0.39 is 29.9 Å². The van der Waals surface area contributed by atoms with Crippen molar-refractivity contribution in [1.29, 1.82) is 0 Å². The van der Waals surface area contributed by atoms with Gasteiger partial charge in [0.15, 0.2) is 6.10 Å². The van der Waals surface area contributed by atoms with E-state index >= 15 is 0 Å². The average molecular weight is 353 g/mol. The molecule has 0 aliphatic carbocycles. The molecule has 3 rings (SSSR count). The maximum atomic E-state index is 12.3. The van der Waals surface area contributed by atoms with Crippen LogP contribution < -0.4 is 10.1 Å². The molecule has 3 amide bonds. The summed E-state index contributed by atoms with van der Waals surface area (Å²) in [5.74, 6) is -0.875. The van der Waals surface area contributed by atoms with Crippen LogP contribution in [0.15, 0.2) is 18.2 Å². The molecule has 2 aliphatic heterocycles. The summed E-state index contributed by atoms with van der Waals surface area (Å²) < 4.78 is 10.8. The van der Waals surface area contributed by atoms with E-state index in [1.807, 2.05) is 0 Å². The Hall–Kier alpha value is -2.28. The predicted molar refractivity (Wildman–Crippen MR) is 84.8 cm³/mol. The van der Waals surface area contributed by atoms with Gasteiger partial charge in [-0.15, -0.1) is 0 Å². The minimum atomic E-state index is -1.03. The van der Waals surface area contributed by atoms with Crippen LogP contribution in [0.25, 0.3) is 0 Å². The molecule has 1 aromatic rings. The molecule has 24 heavy (non-hydrogen) atoms. The lowest BCUT2D eigenvalue weighted by Crippen LogP contribution is -2.43. The van der Waals surface area contributed by atoms with Crippen molar-refractivity contribution in [1.82, 2.24) is 10.2 Å². The maximum absolute atomic E-state index is 12.3. The summed E-state index contributed by atoms with van der Waals surface area (Å²) in [6.45, 7) is 2.32. The van der Waals surface area contributed by atoms with Gasteiger partial charge in [-0.3, -0.25) is 14.5 Å². The topological polar surface area (TPSA) is 84.9 Å². The number of esters is 1. The molecule has 1 N–H and O–H groups in total. The van der Waals surface area contributed by atoms with E-state index in [0.29, 0.717) is 23.7 Å². The third kappa shape index (κ3) is 3.31. The van der Waals surface area contributed by atoms with E-state index in [9.17, 15) is 14.4 Å². The van der Waals surface area contributed by atoms with Crippen LogP contribution in [0.1, 0.15) is 12.5 Å². The first-order chi connectivity index (χ1) is 11.5. The van der Waals surface area contributed by atoms with Gasteiger partial charge in [-0.2, -0.15) is 0 Å². The van der Waals surface area contributed by atoms with Gasteiger partial charge in [0.1, 0.15) is 12.4 Å². The Morgan fingerprint density at radius 3 is 2.96 bits per heavy atom. The van der Waals surface area contributed by atoms with E-state index in [1.54, 1.807) is 18.2 Å². The van der Waals surface area contributed by atoms with Crippen molar-refractivity contribution >= 4 is 29.5 Å². The zero-order valence-electron chi connectivity index (χ0n) is 13.1. The summed E-state index contributed by atoms with van der Waals surface area (Å²) in [4.78, 5) is 37.0. The molecule has 8 heteroatoms. The van der Waals surface area contributed by atoms with Crippen LogP contribution in [0.4, 0.5) is 4.79 Å². The van der Waals surface area contributed by atoms with Gasteiger partial charge >= 0.3 is 12.0 Å². The van der Waals surface area contributed by atoms with Gasteiger partial charge in [0.2, 0.25) is 0 Å². The van der Waals surface area contributed by atoms with Gasteiger partial charge in [0, 0.05) is 18.1 Å². The summed E-state index contributed by atoms with van der Waals surface area (Å²) >= 11 is 5.96. The molecule has 128 valence electrons. The number of halogens is 1. The van der Waals surface area contributed by atoms with E-state index in [-0.39, 0.29) is 13.2 Å². The van der Waals surface area contributed by atoms with Crippen molar-refractivity contribution in [3.8, 4) is 5.75 Å². The molecule has 0 spiro atoms. The molecule has 0 unspecified atom stereocenters. The van der Waals surface area contributed by atoms with Crippen LogP contribution in [-0.2, 0) is 20.7 Å². The van der Waals surface area contributed by atoms with Crippen molar-refractivity contribution in [3.63, 3.8) is 0 Å². The fraction of sp³-hybridized carbons (Fsp3) is 0.438. The highest BCUT2D eigenvalue weighted by atomic mass is 35.5. The number of fused-ring (bicyclic) bond motifs is 1. The van der Waals surface area contributed by atoms with Gasteiger partial charge < -0.3 is 14.8 Å². The number of ether oxygens (including phenoxy) is 2. The lowest BCUT2D eigenvalue weighted by Gasteiger charge is -2.26. The first kappa shape index (κ1) is 16.6. The van der Waals surface area contributed by atoms with Gasteiger partial charge in [0.05, 0.1) is 5.92 Å². The highest BCUT2D eigenvalue weighted by Gasteiger charge is 2.34. The molecule has 1 fully saturated rings. The van der Waals surface area contributed by atoms with E-state index in [1.165, 1.54) is 6.92 Å². The number of hydrogen-bond donors (Lipinski definition) is 1. The number of hydrogen-bond acceptors (Lipinski definition) is 5. The second-order valence-corrected chi connectivity index (χ2v) is 6.20. The van der Waals surface area contributed by atoms with Crippen molar-refractivity contribution in [2.24, 2.45) is 5.92 Å². The lowest BCUT2D eigenvalue weighted by molar-refractivity contribution is -0.162. The standard InChI is InChI=1S/C16H17ClN2O5/c1-9(14(20)19-5-4-18-16(19)22)24-15(21)11-6-10-7-12(17)2-3-13(10)23-8-11/h2-3,7,9,11H,4-6,8H2,1H3,(H,18,22)/t9-,11-/m1/s1. The van der Waals surface area contributed by atoms with E-state index in [2.05, 4.69) is 5.32 Å². The fourth-order valence-electron chi connectivity index (χ4n) is 2.74. The Morgan fingerprint density at radius 1 is 1.46 bits per heavy atom. The van der Waals surface area contributed by atoms with Crippen LogP contribution in [0.2, 0.25) is 5.02 Å². The second kappa shape index (κ2) is 6.68. The summed E-state index contributed by atoms with van der Waals surface area (Å²) in [5.41, 5.74) is 0.827. The summed E-state index contributed by atoms with van der Waals surface area (Å²) in [6.07, 6.45) is -0.595. The molecule has 0 saturated carbocycles. The number of nitrogens with one attached hydrogen (secondary N) is 1. The predicted octanol–water partition coefficient (Wildman–Crippen LogP) is 1.37. The molecule has 1 saturated heterocycles. The van der Waals surface area contributed by atoms with E-state index in [4.69, 9.17) is 21.1 Å². The Balaban J connectivity index is 1.61. The van der Waals surface area contributed by atoms with Crippen LogP contribution in [-0.4, -0.2) is 48.6 Å². The zero-order valence-corrected chi connectivity index (χ0v) is 13.8. The molecule has 2 aliphatic rings. The molecular formula is C16H17ClN2O5. The Labute approximate surface area is 143 Å². The number of benzene rings is 1. The Kier molecular flexibility index (Phi) is 4.62. The van der Waals surface area contributed by atoms with Crippen LogP contribution in [0.3, 0.4) is 0 Å². The highest BCUT2D eigenvalue weighted by Crippen LogP contribution is 2.30. The monoisotopic (exact) mass is 352 g/mol. The Bertz CT molecular complexity index is 693. The number of urea groups is 1. The Morgan fingerprint density at radius 2 is 2.25 bits per heavy atom. The number of nitrogens with zero attached hydrogens (tertiary/aromatic N) is 1. The number of imide groups is 1. The normalized spacial score (nSPS) is 20.7. The van der Waals surface area contributed by atoms with Crippen LogP contribution in [0, 0.1) is 5.92 Å². The third-order valence-electron chi connectivity index (χ3n) is 4.03. The SMILES string of the molecule is C[C@@H](OC(=O)[C@H]1COc2ccc(Cl)cc2C1)C(=O)N1CCNC1=O. The van der Waals surface area contributed by atoms with Gasteiger partial charge in [0.25, 0.3) is 5.91 Å². The summed E-state index contributed by atoms with van der Waals surface area (Å²) in [7, 11) is 0. The van der Waals surface area contributed by atoms with Crippen molar-refractivity contribution in [3.05, 3.63) is 28.8 Å². The van der Waals surface area contributed by atoms with Crippen molar-refractivity contribution in [2.75, 3.05) is 19.7 Å². The number of carbonyl (C=O) groups excluding carboxylic acids is 3. The summed E-state index contributed by atoms with van der Waals surface area (Å²) in [5, 5.41) is 3.10. The van der Waals surface area contributed by atoms with Gasteiger partial charge in [-0.05, 0) is 37.1 Å². The molecule has 0 bridgehead atoms. The molecule has 0 aromatic heterocycles. The largest absolute Gasteiger partial charge is 0.492 e. The third-order valence-corrected chi connectivity index (χ3v) is 4.26. The number of carbonyl (C=O) groups is 3. The summed E-state index contributed by atoms with van der Waals surface area (Å²) in [6, 6.07) is 4.77. The minimum absolute atomic E-state index is 0.179. The van der Waals surface area contributed by atoms with Gasteiger partial charge in [-0.25, -0.2) is 4.79 Å². The first-order valence-electron chi connectivity index (χ1n) is 7.66. The van der Waals surface area contributed by atoms with Crippen LogP contribution in [0.5, 0.6) is 5.75 Å². The molecule has 2 atom stereocenters. The highest BCUT2D eigenvalue weighted by molar-refractivity contribution is 6.30. The number of rotatable bonds is 3. The second-order valence-electron chi connectivity index (χ2n) is 5.77. The fourth-order valence-corrected chi connectivity index (χ4v) is 2.93. The maximum Gasteiger partial charge on any atom is 0.324 e. The van der Waals surface area contributed by atoms with Crippen LogP contribution >= 0.6 is 11.6 Å². The molecule has 1 aromatic carbocycles. The average Bonchev–Trinajstić information content (AvgIpc) is 2.99. The van der Waals surface area contributed by atoms with Crippen molar-refractivity contribution < 1.29 is 23.9 Å². The zero-order chi connectivity index (χ0) is 17.3. The number of amides is 3. The van der Waals surface area contributed by atoms with Crippen molar-refractivity contribution in [2.45, 2.75) is 19.4 Å². The van der Waals surface area contributed by atoms with Gasteiger partial charge in [-0.1, -0.05) is 11.6 Å².